The minimum absolute atomic E-state index is 0.00453. The quantitative estimate of drug-likeness (QED) is 0.786. The summed E-state index contributed by atoms with van der Waals surface area (Å²) in [6.07, 6.45) is 0.522. The molecule has 21 heavy (non-hydrogen) atoms. The van der Waals surface area contributed by atoms with Crippen molar-refractivity contribution >= 4 is 15.9 Å². The SMILES string of the molecule is CCOCC(C)NC(=O)c1ccc(CC)c(S(N)(=O)=O)c1. The Morgan fingerprint density at radius 1 is 1.38 bits per heavy atom. The maximum absolute atomic E-state index is 12.1. The largest absolute Gasteiger partial charge is 0.380 e. The highest BCUT2D eigenvalue weighted by Gasteiger charge is 2.17. The summed E-state index contributed by atoms with van der Waals surface area (Å²) in [4.78, 5) is 12.1. The molecule has 0 heterocycles. The van der Waals surface area contributed by atoms with Crippen LogP contribution < -0.4 is 10.5 Å². The van der Waals surface area contributed by atoms with Crippen molar-refractivity contribution in [3.8, 4) is 0 Å². The van der Waals surface area contributed by atoms with Crippen LogP contribution in [-0.4, -0.2) is 33.6 Å². The molecule has 0 aromatic heterocycles. The van der Waals surface area contributed by atoms with E-state index < -0.39 is 10.0 Å². The van der Waals surface area contributed by atoms with Crippen molar-refractivity contribution in [1.29, 1.82) is 0 Å². The molecule has 0 aliphatic heterocycles. The first-order chi connectivity index (χ1) is 9.79. The molecule has 1 amide bonds. The van der Waals surface area contributed by atoms with Gasteiger partial charge < -0.3 is 10.1 Å². The Morgan fingerprint density at radius 2 is 2.05 bits per heavy atom. The molecule has 0 aliphatic rings. The van der Waals surface area contributed by atoms with E-state index in [-0.39, 0.29) is 22.4 Å². The summed E-state index contributed by atoms with van der Waals surface area (Å²) >= 11 is 0. The molecule has 0 aliphatic carbocycles. The minimum Gasteiger partial charge on any atom is -0.380 e. The maximum Gasteiger partial charge on any atom is 0.251 e. The number of hydrogen-bond acceptors (Lipinski definition) is 4. The number of carbonyl (C=O) groups is 1. The Hall–Kier alpha value is -1.44. The second kappa shape index (κ2) is 7.53. The van der Waals surface area contributed by atoms with Gasteiger partial charge in [0, 0.05) is 18.2 Å². The predicted octanol–water partition coefficient (Wildman–Crippen LogP) is 1.05. The zero-order valence-corrected chi connectivity index (χ0v) is 13.4. The van der Waals surface area contributed by atoms with Crippen molar-refractivity contribution < 1.29 is 17.9 Å². The Labute approximate surface area is 125 Å². The molecule has 1 unspecified atom stereocenters. The number of rotatable bonds is 7. The molecule has 0 bridgehead atoms. The van der Waals surface area contributed by atoms with Gasteiger partial charge in [0.05, 0.1) is 11.5 Å². The van der Waals surface area contributed by atoms with E-state index in [1.807, 2.05) is 20.8 Å². The summed E-state index contributed by atoms with van der Waals surface area (Å²) < 4.78 is 28.4. The first kappa shape index (κ1) is 17.6. The second-order valence-electron chi connectivity index (χ2n) is 4.76. The number of aryl methyl sites for hydroxylation is 1. The molecule has 0 radical (unpaired) electrons. The third-order valence-corrected chi connectivity index (χ3v) is 3.96. The number of benzene rings is 1. The van der Waals surface area contributed by atoms with Crippen molar-refractivity contribution in [3.63, 3.8) is 0 Å². The van der Waals surface area contributed by atoms with Crippen molar-refractivity contribution in [2.24, 2.45) is 5.14 Å². The van der Waals surface area contributed by atoms with Gasteiger partial charge in [-0.15, -0.1) is 0 Å². The minimum atomic E-state index is -3.85. The van der Waals surface area contributed by atoms with Crippen LogP contribution in [0, 0.1) is 0 Å². The average Bonchev–Trinajstić information content (AvgIpc) is 2.43. The van der Waals surface area contributed by atoms with Crippen LogP contribution in [-0.2, 0) is 21.2 Å². The Bertz CT molecular complexity index is 599. The lowest BCUT2D eigenvalue weighted by Gasteiger charge is -2.14. The smallest absolute Gasteiger partial charge is 0.251 e. The normalized spacial score (nSPS) is 13.0. The van der Waals surface area contributed by atoms with E-state index in [4.69, 9.17) is 9.88 Å². The van der Waals surface area contributed by atoms with Gasteiger partial charge in [-0.05, 0) is 38.0 Å². The molecule has 1 aromatic carbocycles. The van der Waals surface area contributed by atoms with Crippen LogP contribution in [0.4, 0.5) is 0 Å². The molecule has 6 nitrogen and oxygen atoms in total. The van der Waals surface area contributed by atoms with E-state index >= 15 is 0 Å². The third-order valence-electron chi connectivity index (χ3n) is 2.97. The van der Waals surface area contributed by atoms with Crippen LogP contribution >= 0.6 is 0 Å². The average molecular weight is 314 g/mol. The van der Waals surface area contributed by atoms with Gasteiger partial charge in [-0.1, -0.05) is 13.0 Å². The third kappa shape index (κ3) is 5.11. The molecule has 0 fully saturated rings. The van der Waals surface area contributed by atoms with E-state index in [2.05, 4.69) is 5.32 Å². The Balaban J connectivity index is 2.96. The zero-order chi connectivity index (χ0) is 16.0. The summed E-state index contributed by atoms with van der Waals surface area (Å²) in [5, 5.41) is 7.94. The van der Waals surface area contributed by atoms with Gasteiger partial charge >= 0.3 is 0 Å². The number of primary sulfonamides is 1. The van der Waals surface area contributed by atoms with Gasteiger partial charge in [-0.3, -0.25) is 4.79 Å². The standard InChI is InChI=1S/C14H22N2O4S/c1-4-11-6-7-12(8-13(11)21(15,18)19)14(17)16-10(3)9-20-5-2/h6-8,10H,4-5,9H2,1-3H3,(H,16,17)(H2,15,18,19). The number of nitrogens with one attached hydrogen (secondary N) is 1. The molecule has 1 rings (SSSR count). The van der Waals surface area contributed by atoms with Crippen molar-refractivity contribution in [3.05, 3.63) is 29.3 Å². The number of ether oxygens (including phenoxy) is 1. The van der Waals surface area contributed by atoms with E-state index in [0.29, 0.717) is 25.2 Å². The van der Waals surface area contributed by atoms with Crippen LogP contribution in [0.25, 0.3) is 0 Å². The van der Waals surface area contributed by atoms with Crippen LogP contribution in [0.5, 0.6) is 0 Å². The van der Waals surface area contributed by atoms with E-state index in [1.54, 1.807) is 12.1 Å². The summed E-state index contributed by atoms with van der Waals surface area (Å²) in [7, 11) is -3.85. The van der Waals surface area contributed by atoms with Crippen LogP contribution in [0.15, 0.2) is 23.1 Å². The predicted molar refractivity (Wildman–Crippen MR) is 80.6 cm³/mol. The molecule has 1 atom stereocenters. The lowest BCUT2D eigenvalue weighted by atomic mass is 10.1. The second-order valence-corrected chi connectivity index (χ2v) is 6.28. The highest BCUT2D eigenvalue weighted by atomic mass is 32.2. The van der Waals surface area contributed by atoms with Crippen LogP contribution in [0.2, 0.25) is 0 Å². The van der Waals surface area contributed by atoms with E-state index in [9.17, 15) is 13.2 Å². The lowest BCUT2D eigenvalue weighted by Crippen LogP contribution is -2.36. The van der Waals surface area contributed by atoms with Gasteiger partial charge in [0.25, 0.3) is 5.91 Å². The molecule has 118 valence electrons. The number of amides is 1. The van der Waals surface area contributed by atoms with Crippen molar-refractivity contribution in [1.82, 2.24) is 5.32 Å². The fourth-order valence-electron chi connectivity index (χ4n) is 1.90. The van der Waals surface area contributed by atoms with Gasteiger partial charge in [-0.25, -0.2) is 13.6 Å². The van der Waals surface area contributed by atoms with Gasteiger partial charge in [0.1, 0.15) is 0 Å². The van der Waals surface area contributed by atoms with Crippen LogP contribution in [0.3, 0.4) is 0 Å². The molecular weight excluding hydrogens is 292 g/mol. The molecule has 0 saturated carbocycles. The highest BCUT2D eigenvalue weighted by molar-refractivity contribution is 7.89. The molecule has 7 heteroatoms. The number of nitrogens with two attached hydrogens (primary N) is 1. The highest BCUT2D eigenvalue weighted by Crippen LogP contribution is 2.17. The Morgan fingerprint density at radius 3 is 2.57 bits per heavy atom. The molecule has 1 aromatic rings. The molecule has 3 N–H and O–H groups in total. The first-order valence-electron chi connectivity index (χ1n) is 6.83. The van der Waals surface area contributed by atoms with Crippen molar-refractivity contribution in [2.75, 3.05) is 13.2 Å². The fourth-order valence-corrected chi connectivity index (χ4v) is 2.77. The molecule has 0 saturated heterocycles. The lowest BCUT2D eigenvalue weighted by molar-refractivity contribution is 0.0872. The fraction of sp³-hybridized carbons (Fsp3) is 0.500. The molecule has 0 spiro atoms. The number of sulfonamides is 1. The van der Waals surface area contributed by atoms with E-state index in [0.717, 1.165) is 0 Å². The monoisotopic (exact) mass is 314 g/mol. The van der Waals surface area contributed by atoms with Crippen molar-refractivity contribution in [2.45, 2.75) is 38.1 Å². The van der Waals surface area contributed by atoms with Gasteiger partial charge in [0.2, 0.25) is 10.0 Å². The van der Waals surface area contributed by atoms with Gasteiger partial charge in [0.15, 0.2) is 0 Å². The van der Waals surface area contributed by atoms with E-state index in [1.165, 1.54) is 6.07 Å². The summed E-state index contributed by atoms with van der Waals surface area (Å²) in [6, 6.07) is 4.36. The Kier molecular flexibility index (Phi) is 6.32. The maximum atomic E-state index is 12.1. The van der Waals surface area contributed by atoms with Gasteiger partial charge in [-0.2, -0.15) is 0 Å². The zero-order valence-electron chi connectivity index (χ0n) is 12.5. The summed E-state index contributed by atoms with van der Waals surface area (Å²) in [6.45, 7) is 6.48. The molecular formula is C14H22N2O4S. The topological polar surface area (TPSA) is 98.5 Å². The number of carbonyl (C=O) groups excluding carboxylic acids is 1. The summed E-state index contributed by atoms with van der Waals surface area (Å²) in [5.74, 6) is -0.352. The first-order valence-corrected chi connectivity index (χ1v) is 8.38. The summed E-state index contributed by atoms with van der Waals surface area (Å²) in [5.41, 5.74) is 0.857. The number of hydrogen-bond donors (Lipinski definition) is 2. The van der Waals surface area contributed by atoms with Crippen LogP contribution in [0.1, 0.15) is 36.7 Å².